The number of aromatic carboxylic acids is 1. The zero-order chi connectivity index (χ0) is 20.4. The van der Waals surface area contributed by atoms with Gasteiger partial charge in [0.05, 0.1) is 12.2 Å². The molecule has 1 heterocycles. The maximum atomic E-state index is 11.1. The lowest BCUT2D eigenvalue weighted by Crippen LogP contribution is -2.60. The van der Waals surface area contributed by atoms with Crippen molar-refractivity contribution in [3.05, 3.63) is 53.6 Å². The van der Waals surface area contributed by atoms with E-state index >= 15 is 0 Å². The zero-order valence-corrected chi connectivity index (χ0v) is 15.1. The van der Waals surface area contributed by atoms with Crippen molar-refractivity contribution in [2.75, 3.05) is 6.61 Å². The first-order chi connectivity index (χ1) is 13.3. The fourth-order valence-corrected chi connectivity index (χ4v) is 3.08. The summed E-state index contributed by atoms with van der Waals surface area (Å²) in [6.07, 6.45) is -6.79. The van der Waals surface area contributed by atoms with Gasteiger partial charge in [0.15, 0.2) is 0 Å². The lowest BCUT2D eigenvalue weighted by atomic mass is 9.99. The van der Waals surface area contributed by atoms with Crippen molar-refractivity contribution >= 4 is 5.97 Å². The molecule has 0 spiro atoms. The van der Waals surface area contributed by atoms with Crippen LogP contribution < -0.4 is 4.74 Å². The van der Waals surface area contributed by atoms with E-state index in [1.165, 1.54) is 6.07 Å². The number of hydrogen-bond donors (Lipinski definition) is 5. The Balaban J connectivity index is 1.81. The largest absolute Gasteiger partial charge is 0.478 e. The molecule has 0 aliphatic carbocycles. The van der Waals surface area contributed by atoms with Crippen LogP contribution >= 0.6 is 0 Å². The van der Waals surface area contributed by atoms with Gasteiger partial charge in [0.25, 0.3) is 0 Å². The molecule has 0 amide bonds. The van der Waals surface area contributed by atoms with Gasteiger partial charge in [0, 0.05) is 0 Å². The van der Waals surface area contributed by atoms with Crippen molar-refractivity contribution in [1.29, 1.82) is 0 Å². The second kappa shape index (κ2) is 8.26. The van der Waals surface area contributed by atoms with Crippen molar-refractivity contribution < 1.29 is 39.8 Å². The van der Waals surface area contributed by atoms with Crippen LogP contribution in [-0.2, 0) is 4.74 Å². The van der Waals surface area contributed by atoms with Crippen LogP contribution in [0.25, 0.3) is 11.1 Å². The Labute approximate surface area is 161 Å². The van der Waals surface area contributed by atoms with Crippen LogP contribution in [0.1, 0.15) is 15.9 Å². The molecule has 5 atom stereocenters. The van der Waals surface area contributed by atoms with Crippen LogP contribution in [0.3, 0.4) is 0 Å². The van der Waals surface area contributed by atoms with Crippen LogP contribution in [0, 0.1) is 6.92 Å². The van der Waals surface area contributed by atoms with Crippen LogP contribution in [0.5, 0.6) is 5.75 Å². The summed E-state index contributed by atoms with van der Waals surface area (Å²) in [5.41, 5.74) is 2.37. The maximum absolute atomic E-state index is 11.1. The van der Waals surface area contributed by atoms with Gasteiger partial charge in [-0.3, -0.25) is 0 Å². The molecular weight excluding hydrogens is 368 g/mol. The minimum Gasteiger partial charge on any atom is -0.478 e. The molecular formula is C20H22O8. The number of ether oxygens (including phenoxy) is 2. The van der Waals surface area contributed by atoms with E-state index in [0.717, 1.165) is 11.1 Å². The summed E-state index contributed by atoms with van der Waals surface area (Å²) in [5.74, 6) is -0.636. The third kappa shape index (κ3) is 4.01. The van der Waals surface area contributed by atoms with E-state index in [0.29, 0.717) is 11.3 Å². The van der Waals surface area contributed by atoms with Gasteiger partial charge >= 0.3 is 5.97 Å². The SMILES string of the molecule is Cc1cc(-c2cccc(C(=O)O)c2)ccc1O[C@H]1O[C@H](CO)[C@@H](O)[C@H](O)[C@@H]1O. The highest BCUT2D eigenvalue weighted by Crippen LogP contribution is 2.30. The van der Waals surface area contributed by atoms with E-state index < -0.39 is 43.3 Å². The number of aliphatic hydroxyl groups excluding tert-OH is 4. The van der Waals surface area contributed by atoms with Crippen molar-refractivity contribution in [3.63, 3.8) is 0 Å². The average Bonchev–Trinajstić information content (AvgIpc) is 2.69. The fourth-order valence-electron chi connectivity index (χ4n) is 3.08. The molecule has 1 aliphatic heterocycles. The highest BCUT2D eigenvalue weighted by Gasteiger charge is 2.44. The quantitative estimate of drug-likeness (QED) is 0.499. The monoisotopic (exact) mass is 390 g/mol. The van der Waals surface area contributed by atoms with Crippen molar-refractivity contribution in [1.82, 2.24) is 0 Å². The molecule has 2 aromatic rings. The summed E-state index contributed by atoms with van der Waals surface area (Å²) in [7, 11) is 0. The molecule has 1 saturated heterocycles. The van der Waals surface area contributed by atoms with Gasteiger partial charge in [-0.25, -0.2) is 4.79 Å². The number of carboxylic acid groups (broad SMARTS) is 1. The minimum atomic E-state index is -1.52. The third-order valence-corrected chi connectivity index (χ3v) is 4.71. The van der Waals surface area contributed by atoms with Crippen LogP contribution in [-0.4, -0.2) is 68.8 Å². The molecule has 3 rings (SSSR count). The molecule has 150 valence electrons. The Bertz CT molecular complexity index is 850. The molecule has 0 unspecified atom stereocenters. The Morgan fingerprint density at radius 2 is 1.75 bits per heavy atom. The van der Waals surface area contributed by atoms with Gasteiger partial charge in [-0.1, -0.05) is 18.2 Å². The molecule has 1 aliphatic rings. The van der Waals surface area contributed by atoms with Crippen molar-refractivity contribution in [3.8, 4) is 16.9 Å². The van der Waals surface area contributed by atoms with Gasteiger partial charge in [-0.15, -0.1) is 0 Å². The van der Waals surface area contributed by atoms with Gasteiger partial charge in [0.2, 0.25) is 6.29 Å². The van der Waals surface area contributed by atoms with Gasteiger partial charge in [-0.2, -0.15) is 0 Å². The number of aryl methyl sites for hydroxylation is 1. The first-order valence-electron chi connectivity index (χ1n) is 8.73. The third-order valence-electron chi connectivity index (χ3n) is 4.71. The van der Waals surface area contributed by atoms with E-state index in [4.69, 9.17) is 14.6 Å². The molecule has 28 heavy (non-hydrogen) atoms. The summed E-state index contributed by atoms with van der Waals surface area (Å²) in [6.45, 7) is 1.23. The average molecular weight is 390 g/mol. The van der Waals surface area contributed by atoms with Gasteiger partial charge in [0.1, 0.15) is 30.2 Å². The lowest BCUT2D eigenvalue weighted by molar-refractivity contribution is -0.277. The molecule has 0 aromatic heterocycles. The molecule has 0 saturated carbocycles. The van der Waals surface area contributed by atoms with Crippen molar-refractivity contribution in [2.45, 2.75) is 37.6 Å². The Hall–Kier alpha value is -2.49. The first kappa shape index (κ1) is 20.2. The molecule has 2 aromatic carbocycles. The van der Waals surface area contributed by atoms with E-state index in [1.54, 1.807) is 43.3 Å². The summed E-state index contributed by atoms with van der Waals surface area (Å²) in [6, 6.07) is 11.7. The summed E-state index contributed by atoms with van der Waals surface area (Å²) >= 11 is 0. The number of benzene rings is 2. The van der Waals surface area contributed by atoms with E-state index in [1.807, 2.05) is 0 Å². The topological polar surface area (TPSA) is 137 Å². The fraction of sp³-hybridized carbons (Fsp3) is 0.350. The first-order valence-corrected chi connectivity index (χ1v) is 8.73. The summed E-state index contributed by atoms with van der Waals surface area (Å²) < 4.78 is 11.0. The second-order valence-electron chi connectivity index (χ2n) is 6.68. The van der Waals surface area contributed by atoms with E-state index in [-0.39, 0.29) is 5.56 Å². The molecule has 0 radical (unpaired) electrons. The van der Waals surface area contributed by atoms with Crippen LogP contribution in [0.4, 0.5) is 0 Å². The Kier molecular flexibility index (Phi) is 5.97. The maximum Gasteiger partial charge on any atom is 0.335 e. The lowest BCUT2D eigenvalue weighted by Gasteiger charge is -2.39. The molecule has 8 heteroatoms. The smallest absolute Gasteiger partial charge is 0.335 e. The predicted molar refractivity (Wildman–Crippen MR) is 98.0 cm³/mol. The normalized spacial score (nSPS) is 27.4. The van der Waals surface area contributed by atoms with Crippen LogP contribution in [0.2, 0.25) is 0 Å². The Morgan fingerprint density at radius 1 is 1.04 bits per heavy atom. The molecule has 0 bridgehead atoms. The number of rotatable bonds is 5. The number of aliphatic hydroxyl groups is 4. The second-order valence-corrected chi connectivity index (χ2v) is 6.68. The van der Waals surface area contributed by atoms with Gasteiger partial charge < -0.3 is 35.0 Å². The number of carbonyl (C=O) groups is 1. The molecule has 1 fully saturated rings. The standard InChI is InChI=1S/C20H22O8/c1-10-7-12(11-3-2-4-13(8-11)19(25)26)5-6-14(10)27-20-18(24)17(23)16(22)15(9-21)28-20/h2-8,15-18,20-24H,9H2,1H3,(H,25,26)/t15-,16-,17+,18+,20+/m1/s1. The number of hydrogen-bond acceptors (Lipinski definition) is 7. The summed E-state index contributed by atoms with van der Waals surface area (Å²) in [4.78, 5) is 11.1. The number of carboxylic acids is 1. The van der Waals surface area contributed by atoms with Crippen molar-refractivity contribution in [2.24, 2.45) is 0 Å². The van der Waals surface area contributed by atoms with Gasteiger partial charge in [-0.05, 0) is 47.9 Å². The highest BCUT2D eigenvalue weighted by molar-refractivity contribution is 5.89. The molecule has 5 N–H and O–H groups in total. The minimum absolute atomic E-state index is 0.178. The molecule has 8 nitrogen and oxygen atoms in total. The summed E-state index contributed by atoms with van der Waals surface area (Å²) in [5, 5.41) is 48.2. The van der Waals surface area contributed by atoms with E-state index in [2.05, 4.69) is 0 Å². The zero-order valence-electron chi connectivity index (χ0n) is 15.1. The highest BCUT2D eigenvalue weighted by atomic mass is 16.7. The van der Waals surface area contributed by atoms with E-state index in [9.17, 15) is 25.2 Å². The predicted octanol–water partition coefficient (Wildman–Crippen LogP) is 0.539. The van der Waals surface area contributed by atoms with Crippen LogP contribution in [0.15, 0.2) is 42.5 Å². The Morgan fingerprint density at radius 3 is 2.39 bits per heavy atom.